The zero-order chi connectivity index (χ0) is 17.8. The van der Waals surface area contributed by atoms with Crippen LogP contribution in [0, 0.1) is 0 Å². The van der Waals surface area contributed by atoms with Crippen LogP contribution in [0.15, 0.2) is 24.3 Å². The Hall–Kier alpha value is -0.610. The van der Waals surface area contributed by atoms with Crippen LogP contribution in [0.1, 0.15) is 90.9 Å². The van der Waals surface area contributed by atoms with E-state index in [1.54, 1.807) is 0 Å². The summed E-state index contributed by atoms with van der Waals surface area (Å²) in [6.07, 6.45) is 26.2. The van der Waals surface area contributed by atoms with E-state index in [0.29, 0.717) is 6.26 Å². The zero-order valence-electron chi connectivity index (χ0n) is 15.5. The molecule has 0 heterocycles. The quantitative estimate of drug-likeness (QED) is 0.241. The van der Waals surface area contributed by atoms with Crippen LogP contribution in [0.2, 0.25) is 0 Å². The number of rotatable bonds is 13. The molecule has 0 rings (SSSR count). The Balaban J connectivity index is 0. The first-order valence-corrected chi connectivity index (χ1v) is 11.0. The summed E-state index contributed by atoms with van der Waals surface area (Å²) >= 11 is 0. The molecule has 1 N–H and O–H groups in total. The average molecular weight is 347 g/mol. The molecule has 0 fully saturated rings. The van der Waals surface area contributed by atoms with Gasteiger partial charge in [-0.1, -0.05) is 83.1 Å². The third kappa shape index (κ3) is 38.8. The molecule has 0 atom stereocenters. The van der Waals surface area contributed by atoms with Gasteiger partial charge in [-0.25, -0.2) is 0 Å². The van der Waals surface area contributed by atoms with E-state index in [1.807, 2.05) is 0 Å². The van der Waals surface area contributed by atoms with Crippen molar-refractivity contribution in [3.63, 3.8) is 0 Å². The van der Waals surface area contributed by atoms with Crippen molar-refractivity contribution in [1.82, 2.24) is 0 Å². The topological polar surface area (TPSA) is 54.4 Å². The Kier molecular flexibility index (Phi) is 20.8. The molecule has 0 unspecified atom stereocenters. The van der Waals surface area contributed by atoms with Gasteiger partial charge in [-0.2, -0.15) is 8.42 Å². The molecule has 0 amide bonds. The molecule has 0 saturated carbocycles. The Bertz CT molecular complexity index is 362. The highest BCUT2D eigenvalue weighted by molar-refractivity contribution is 7.85. The molecule has 0 aliphatic carbocycles. The van der Waals surface area contributed by atoms with Crippen molar-refractivity contribution in [3.8, 4) is 0 Å². The van der Waals surface area contributed by atoms with E-state index < -0.39 is 10.1 Å². The lowest BCUT2D eigenvalue weighted by atomic mass is 10.1. The van der Waals surface area contributed by atoms with Crippen molar-refractivity contribution in [2.24, 2.45) is 0 Å². The molecule has 0 bridgehead atoms. The van der Waals surface area contributed by atoms with Crippen molar-refractivity contribution in [2.75, 3.05) is 6.26 Å². The number of hydrogen-bond donors (Lipinski definition) is 1. The van der Waals surface area contributed by atoms with E-state index in [2.05, 4.69) is 38.2 Å². The number of hydrogen-bond acceptors (Lipinski definition) is 2. The van der Waals surface area contributed by atoms with E-state index in [9.17, 15) is 8.42 Å². The van der Waals surface area contributed by atoms with Crippen molar-refractivity contribution in [2.45, 2.75) is 90.9 Å². The molecular formula is C19H38O3S. The maximum atomic E-state index is 9.19. The molecular weight excluding hydrogens is 308 g/mol. The van der Waals surface area contributed by atoms with Crippen LogP contribution in [-0.2, 0) is 10.1 Å². The molecule has 0 aliphatic rings. The maximum absolute atomic E-state index is 9.19. The highest BCUT2D eigenvalue weighted by Gasteiger charge is 1.87. The number of unbranched alkanes of at least 4 members (excludes halogenated alkanes) is 9. The van der Waals surface area contributed by atoms with Crippen LogP contribution in [0.25, 0.3) is 0 Å². The summed E-state index contributed by atoms with van der Waals surface area (Å²) in [4.78, 5) is 0. The van der Waals surface area contributed by atoms with Crippen LogP contribution >= 0.6 is 0 Å². The normalized spacial score (nSPS) is 11.8. The smallest absolute Gasteiger partial charge is 0.261 e. The van der Waals surface area contributed by atoms with Gasteiger partial charge in [-0.05, 0) is 32.1 Å². The van der Waals surface area contributed by atoms with Crippen LogP contribution in [0.5, 0.6) is 0 Å². The Morgan fingerprint density at radius 2 is 1.04 bits per heavy atom. The van der Waals surface area contributed by atoms with Crippen molar-refractivity contribution >= 4 is 10.1 Å². The monoisotopic (exact) mass is 346 g/mol. The largest absolute Gasteiger partial charge is 0.286 e. The highest BCUT2D eigenvalue weighted by atomic mass is 32.2. The zero-order valence-corrected chi connectivity index (χ0v) is 16.3. The summed E-state index contributed by atoms with van der Waals surface area (Å²) in [5.74, 6) is 0. The summed E-state index contributed by atoms with van der Waals surface area (Å²) in [7, 11) is -3.67. The SMILES string of the molecule is CCCCCC=CCC=CCCCCCCCC.CS(=O)(=O)O. The van der Waals surface area contributed by atoms with Gasteiger partial charge in [0.05, 0.1) is 6.26 Å². The molecule has 0 saturated heterocycles. The lowest BCUT2D eigenvalue weighted by molar-refractivity contribution is 0.490. The molecule has 0 aromatic heterocycles. The van der Waals surface area contributed by atoms with E-state index in [1.165, 1.54) is 70.6 Å². The number of allylic oxidation sites excluding steroid dienone is 4. The predicted molar refractivity (Wildman–Crippen MR) is 103 cm³/mol. The van der Waals surface area contributed by atoms with Gasteiger partial charge in [0.2, 0.25) is 0 Å². The van der Waals surface area contributed by atoms with Crippen LogP contribution < -0.4 is 0 Å². The van der Waals surface area contributed by atoms with Gasteiger partial charge in [0.15, 0.2) is 0 Å². The minimum atomic E-state index is -3.67. The van der Waals surface area contributed by atoms with E-state index in [0.717, 1.165) is 6.42 Å². The summed E-state index contributed by atoms with van der Waals surface area (Å²) in [5.41, 5.74) is 0. The lowest BCUT2D eigenvalue weighted by Crippen LogP contribution is -1.88. The highest BCUT2D eigenvalue weighted by Crippen LogP contribution is 2.07. The fourth-order valence-electron chi connectivity index (χ4n) is 2.06. The molecule has 0 aromatic rings. The molecule has 138 valence electrons. The first-order chi connectivity index (χ1) is 10.9. The van der Waals surface area contributed by atoms with Crippen molar-refractivity contribution < 1.29 is 13.0 Å². The molecule has 3 nitrogen and oxygen atoms in total. The van der Waals surface area contributed by atoms with E-state index in [-0.39, 0.29) is 0 Å². The Labute approximate surface area is 145 Å². The minimum Gasteiger partial charge on any atom is -0.286 e. The summed E-state index contributed by atoms with van der Waals surface area (Å²) in [6, 6.07) is 0. The fraction of sp³-hybridized carbons (Fsp3) is 0.789. The first kappa shape index (κ1) is 24.6. The molecule has 4 heteroatoms. The van der Waals surface area contributed by atoms with E-state index in [4.69, 9.17) is 4.55 Å². The second-order valence-corrected chi connectivity index (χ2v) is 7.43. The Morgan fingerprint density at radius 1 is 0.696 bits per heavy atom. The summed E-state index contributed by atoms with van der Waals surface area (Å²) in [5, 5.41) is 0. The lowest BCUT2D eigenvalue weighted by Gasteiger charge is -1.97. The van der Waals surface area contributed by atoms with Crippen LogP contribution in [0.4, 0.5) is 0 Å². The standard InChI is InChI=1S/C18H34.CH4O3S/c1-3-5-7-9-11-13-15-17-18-16-14-12-10-8-6-4-2;1-5(2,3)4/h11,13,17-18H,3-10,12,14-16H2,1-2H3;1H3,(H,2,3,4). The maximum Gasteiger partial charge on any atom is 0.261 e. The molecule has 0 aliphatic heterocycles. The third-order valence-electron chi connectivity index (χ3n) is 3.30. The fourth-order valence-corrected chi connectivity index (χ4v) is 2.06. The summed E-state index contributed by atoms with van der Waals surface area (Å²) < 4.78 is 25.9. The van der Waals surface area contributed by atoms with Crippen LogP contribution in [-0.4, -0.2) is 19.2 Å². The second kappa shape index (κ2) is 19.4. The molecule has 23 heavy (non-hydrogen) atoms. The van der Waals surface area contributed by atoms with Gasteiger partial charge in [-0.3, -0.25) is 4.55 Å². The van der Waals surface area contributed by atoms with Gasteiger partial charge in [0, 0.05) is 0 Å². The average Bonchev–Trinajstić information content (AvgIpc) is 2.46. The van der Waals surface area contributed by atoms with Gasteiger partial charge >= 0.3 is 0 Å². The van der Waals surface area contributed by atoms with Crippen molar-refractivity contribution in [3.05, 3.63) is 24.3 Å². The van der Waals surface area contributed by atoms with E-state index >= 15 is 0 Å². The van der Waals surface area contributed by atoms with Crippen LogP contribution in [0.3, 0.4) is 0 Å². The van der Waals surface area contributed by atoms with Gasteiger partial charge in [-0.15, -0.1) is 0 Å². The van der Waals surface area contributed by atoms with Gasteiger partial charge in [0.1, 0.15) is 0 Å². The Morgan fingerprint density at radius 3 is 1.52 bits per heavy atom. The van der Waals surface area contributed by atoms with Crippen molar-refractivity contribution in [1.29, 1.82) is 0 Å². The third-order valence-corrected chi connectivity index (χ3v) is 3.30. The molecule has 0 spiro atoms. The minimum absolute atomic E-state index is 0.715. The predicted octanol–water partition coefficient (Wildman–Crippen LogP) is 6.32. The summed E-state index contributed by atoms with van der Waals surface area (Å²) in [6.45, 7) is 4.53. The van der Waals surface area contributed by atoms with Gasteiger partial charge < -0.3 is 0 Å². The second-order valence-electron chi connectivity index (χ2n) is 5.96. The molecule has 0 aromatic carbocycles. The molecule has 0 radical (unpaired) electrons. The van der Waals surface area contributed by atoms with Gasteiger partial charge in [0.25, 0.3) is 10.1 Å². The first-order valence-electron chi connectivity index (χ1n) is 9.14.